The van der Waals surface area contributed by atoms with Crippen LogP contribution in [-0.2, 0) is 4.79 Å². The Kier molecular flexibility index (Phi) is 1.79. The molecule has 1 saturated heterocycles. The Bertz CT molecular complexity index is 283. The van der Waals surface area contributed by atoms with Gasteiger partial charge in [-0.05, 0) is 16.7 Å². The normalized spacial score (nSPS) is 42.6. The molecule has 2 N–H and O–H groups in total. The van der Waals surface area contributed by atoms with Crippen LogP contribution in [0.15, 0.2) is 0 Å². The third kappa shape index (κ3) is 0.842. The lowest BCUT2D eigenvalue weighted by Gasteiger charge is -2.62. The SMILES string of the molecule is CC1(C)C2C(=O)NC(CO)C2C1(C)C. The first-order chi connectivity index (χ1) is 6.34. The largest absolute Gasteiger partial charge is 0.394 e. The standard InChI is InChI=1S/C11H19NO2/c1-10(2)7-6(5-13)12-9(14)8(7)11(10,3)4/h6-8,13H,5H2,1-4H3,(H,12,14). The van der Waals surface area contributed by atoms with E-state index in [-0.39, 0.29) is 35.3 Å². The van der Waals surface area contributed by atoms with E-state index >= 15 is 0 Å². The third-order valence-corrected chi connectivity index (χ3v) is 4.87. The molecule has 1 aliphatic heterocycles. The van der Waals surface area contributed by atoms with Crippen LogP contribution in [0.2, 0.25) is 0 Å². The Morgan fingerprint density at radius 1 is 1.29 bits per heavy atom. The monoisotopic (exact) mass is 197 g/mol. The fourth-order valence-electron chi connectivity index (χ4n) is 3.35. The summed E-state index contributed by atoms with van der Waals surface area (Å²) in [5.74, 6) is 0.517. The minimum Gasteiger partial charge on any atom is -0.394 e. The highest BCUT2D eigenvalue weighted by Gasteiger charge is 2.69. The topological polar surface area (TPSA) is 49.3 Å². The molecule has 0 aromatic heterocycles. The van der Waals surface area contributed by atoms with Crippen LogP contribution in [0.25, 0.3) is 0 Å². The molecule has 0 aromatic carbocycles. The van der Waals surface area contributed by atoms with E-state index in [0.29, 0.717) is 5.92 Å². The second kappa shape index (κ2) is 2.51. The maximum Gasteiger partial charge on any atom is 0.224 e. The number of aliphatic hydroxyl groups is 1. The van der Waals surface area contributed by atoms with Crippen molar-refractivity contribution >= 4 is 5.91 Å². The molecule has 3 unspecified atom stereocenters. The van der Waals surface area contributed by atoms with Gasteiger partial charge in [-0.1, -0.05) is 27.7 Å². The second-order valence-corrected chi connectivity index (χ2v) is 5.74. The van der Waals surface area contributed by atoms with Gasteiger partial charge in [-0.3, -0.25) is 4.79 Å². The van der Waals surface area contributed by atoms with Gasteiger partial charge in [0, 0.05) is 5.92 Å². The van der Waals surface area contributed by atoms with E-state index in [0.717, 1.165) is 0 Å². The Morgan fingerprint density at radius 2 is 1.86 bits per heavy atom. The first kappa shape index (κ1) is 9.97. The molecule has 1 heterocycles. The van der Waals surface area contributed by atoms with Crippen LogP contribution in [0.1, 0.15) is 27.7 Å². The molecule has 2 rings (SSSR count). The van der Waals surface area contributed by atoms with Crippen molar-refractivity contribution < 1.29 is 9.90 Å². The smallest absolute Gasteiger partial charge is 0.224 e. The zero-order valence-electron chi connectivity index (χ0n) is 9.29. The first-order valence-corrected chi connectivity index (χ1v) is 5.25. The average Bonchev–Trinajstić information content (AvgIpc) is 2.41. The molecule has 2 aliphatic rings. The molecule has 1 aliphatic carbocycles. The van der Waals surface area contributed by atoms with Crippen LogP contribution >= 0.6 is 0 Å². The van der Waals surface area contributed by atoms with Crippen LogP contribution in [0, 0.1) is 22.7 Å². The number of nitrogens with one attached hydrogen (secondary N) is 1. The summed E-state index contributed by atoms with van der Waals surface area (Å²) in [7, 11) is 0. The van der Waals surface area contributed by atoms with E-state index in [1.807, 2.05) is 0 Å². The zero-order chi connectivity index (χ0) is 10.7. The van der Waals surface area contributed by atoms with Crippen LogP contribution in [-0.4, -0.2) is 23.7 Å². The second-order valence-electron chi connectivity index (χ2n) is 5.74. The van der Waals surface area contributed by atoms with Crippen molar-refractivity contribution in [3.8, 4) is 0 Å². The number of hydrogen-bond acceptors (Lipinski definition) is 2. The quantitative estimate of drug-likeness (QED) is 0.652. The summed E-state index contributed by atoms with van der Waals surface area (Å²) in [6, 6.07) is -0.0319. The van der Waals surface area contributed by atoms with Crippen molar-refractivity contribution in [1.82, 2.24) is 5.32 Å². The van der Waals surface area contributed by atoms with Crippen LogP contribution in [0.4, 0.5) is 0 Å². The summed E-state index contributed by atoms with van der Waals surface area (Å²) in [5.41, 5.74) is 0.176. The predicted octanol–water partition coefficient (Wildman–Crippen LogP) is 0.775. The Labute approximate surface area is 84.9 Å². The van der Waals surface area contributed by atoms with Crippen molar-refractivity contribution in [2.75, 3.05) is 6.61 Å². The maximum atomic E-state index is 11.7. The minimum absolute atomic E-state index is 0.0319. The number of carbonyl (C=O) groups is 1. The number of hydrogen-bond donors (Lipinski definition) is 2. The molecule has 14 heavy (non-hydrogen) atoms. The van der Waals surface area contributed by atoms with Gasteiger partial charge >= 0.3 is 0 Å². The lowest BCUT2D eigenvalue weighted by Crippen LogP contribution is -2.62. The predicted molar refractivity (Wildman–Crippen MR) is 53.6 cm³/mol. The zero-order valence-corrected chi connectivity index (χ0v) is 9.29. The first-order valence-electron chi connectivity index (χ1n) is 5.25. The summed E-state index contributed by atoms with van der Waals surface area (Å²) in [6.07, 6.45) is 0. The van der Waals surface area contributed by atoms with Crippen LogP contribution < -0.4 is 5.32 Å². The summed E-state index contributed by atoms with van der Waals surface area (Å²) < 4.78 is 0. The number of aliphatic hydroxyl groups excluding tert-OH is 1. The van der Waals surface area contributed by atoms with Crippen molar-refractivity contribution in [2.24, 2.45) is 22.7 Å². The molecule has 0 bridgehead atoms. The van der Waals surface area contributed by atoms with E-state index in [4.69, 9.17) is 0 Å². The fourth-order valence-corrected chi connectivity index (χ4v) is 3.35. The molecule has 3 nitrogen and oxygen atoms in total. The summed E-state index contributed by atoms with van der Waals surface area (Å²) in [6.45, 7) is 8.74. The van der Waals surface area contributed by atoms with E-state index in [1.165, 1.54) is 0 Å². The lowest BCUT2D eigenvalue weighted by molar-refractivity contribution is -0.169. The van der Waals surface area contributed by atoms with E-state index in [1.54, 1.807) is 0 Å². The third-order valence-electron chi connectivity index (χ3n) is 4.87. The maximum absolute atomic E-state index is 11.7. The number of carbonyl (C=O) groups excluding carboxylic acids is 1. The van der Waals surface area contributed by atoms with Gasteiger partial charge in [0.25, 0.3) is 0 Å². The van der Waals surface area contributed by atoms with Crippen molar-refractivity contribution in [3.63, 3.8) is 0 Å². The molecule has 80 valence electrons. The molecular formula is C11H19NO2. The highest BCUT2D eigenvalue weighted by molar-refractivity contribution is 5.84. The molecule has 0 aromatic rings. The lowest BCUT2D eigenvalue weighted by atomic mass is 9.40. The molecule has 3 atom stereocenters. The molecule has 1 saturated carbocycles. The van der Waals surface area contributed by atoms with Crippen LogP contribution in [0.3, 0.4) is 0 Å². The molecule has 3 heteroatoms. The highest BCUT2D eigenvalue weighted by atomic mass is 16.3. The van der Waals surface area contributed by atoms with Gasteiger partial charge in [0.1, 0.15) is 0 Å². The van der Waals surface area contributed by atoms with Gasteiger partial charge in [-0.15, -0.1) is 0 Å². The highest BCUT2D eigenvalue weighted by Crippen LogP contribution is 2.66. The summed E-state index contributed by atoms with van der Waals surface area (Å²) >= 11 is 0. The molecule has 0 spiro atoms. The Hall–Kier alpha value is -0.570. The van der Waals surface area contributed by atoms with E-state index in [2.05, 4.69) is 33.0 Å². The summed E-state index contributed by atoms with van der Waals surface area (Å²) in [5, 5.41) is 12.1. The molecule has 2 fully saturated rings. The van der Waals surface area contributed by atoms with Gasteiger partial charge in [-0.25, -0.2) is 0 Å². The van der Waals surface area contributed by atoms with Crippen molar-refractivity contribution in [2.45, 2.75) is 33.7 Å². The van der Waals surface area contributed by atoms with Crippen LogP contribution in [0.5, 0.6) is 0 Å². The van der Waals surface area contributed by atoms with Crippen molar-refractivity contribution in [1.29, 1.82) is 0 Å². The Morgan fingerprint density at radius 3 is 2.36 bits per heavy atom. The fraction of sp³-hybridized carbons (Fsp3) is 0.909. The van der Waals surface area contributed by atoms with Crippen molar-refractivity contribution in [3.05, 3.63) is 0 Å². The van der Waals surface area contributed by atoms with E-state index in [9.17, 15) is 9.90 Å². The number of rotatable bonds is 1. The number of fused-ring (bicyclic) bond motifs is 1. The average molecular weight is 197 g/mol. The molecule has 1 amide bonds. The summed E-state index contributed by atoms with van der Waals surface area (Å²) in [4.78, 5) is 11.7. The van der Waals surface area contributed by atoms with Gasteiger partial charge in [0.2, 0.25) is 5.91 Å². The van der Waals surface area contributed by atoms with E-state index < -0.39 is 0 Å². The van der Waals surface area contributed by atoms with Gasteiger partial charge < -0.3 is 10.4 Å². The molecule has 0 radical (unpaired) electrons. The Balaban J connectivity index is 2.33. The molecular weight excluding hydrogens is 178 g/mol. The van der Waals surface area contributed by atoms with Gasteiger partial charge in [0.05, 0.1) is 12.6 Å². The minimum atomic E-state index is -0.0319. The van der Waals surface area contributed by atoms with Gasteiger partial charge in [0.15, 0.2) is 0 Å². The van der Waals surface area contributed by atoms with Gasteiger partial charge in [-0.2, -0.15) is 0 Å². The number of amides is 1.